The average molecular weight is 399 g/mol. The molecule has 1 unspecified atom stereocenters. The molecule has 0 aliphatic carbocycles. The van der Waals surface area contributed by atoms with Crippen LogP contribution in [0.4, 0.5) is 4.39 Å². The van der Waals surface area contributed by atoms with Gasteiger partial charge in [0.2, 0.25) is 0 Å². The molecule has 0 fully saturated rings. The van der Waals surface area contributed by atoms with E-state index in [9.17, 15) is 4.39 Å². The summed E-state index contributed by atoms with van der Waals surface area (Å²) in [7, 11) is 0. The molecule has 3 rings (SSSR count). The number of hydrogen-bond acceptors (Lipinski definition) is 0. The van der Waals surface area contributed by atoms with Crippen molar-refractivity contribution in [3.63, 3.8) is 0 Å². The van der Waals surface area contributed by atoms with Crippen molar-refractivity contribution in [3.05, 3.63) is 106 Å². The van der Waals surface area contributed by atoms with Gasteiger partial charge < -0.3 is 0 Å². The van der Waals surface area contributed by atoms with E-state index in [-0.39, 0.29) is 11.2 Å². The Morgan fingerprint density at radius 2 is 1.57 bits per heavy atom. The van der Waals surface area contributed by atoms with Crippen LogP contribution in [0.2, 0.25) is 0 Å². The molecule has 0 bridgehead atoms. The lowest BCUT2D eigenvalue weighted by atomic mass is 9.78. The van der Waals surface area contributed by atoms with E-state index in [0.717, 1.165) is 43.2 Å². The Bertz CT molecular complexity index is 979. The summed E-state index contributed by atoms with van der Waals surface area (Å²) in [6.45, 7) is 4.34. The molecule has 1 heteroatoms. The van der Waals surface area contributed by atoms with Crippen LogP contribution in [-0.2, 0) is 24.7 Å². The molecule has 0 aliphatic heterocycles. The van der Waals surface area contributed by atoms with Crippen molar-refractivity contribution >= 4 is 0 Å². The minimum absolute atomic E-state index is 0.136. The van der Waals surface area contributed by atoms with Crippen LogP contribution in [0.5, 0.6) is 0 Å². The Labute approximate surface area is 181 Å². The van der Waals surface area contributed by atoms with Gasteiger partial charge in [0.25, 0.3) is 0 Å². The third-order valence-corrected chi connectivity index (χ3v) is 5.94. The number of halogens is 1. The lowest BCUT2D eigenvalue weighted by Gasteiger charge is -2.24. The fraction of sp³-hybridized carbons (Fsp3) is 0.310. The molecule has 0 N–H and O–H groups in total. The Balaban J connectivity index is 1.64. The van der Waals surface area contributed by atoms with Crippen LogP contribution >= 0.6 is 0 Å². The Kier molecular flexibility index (Phi) is 7.47. The van der Waals surface area contributed by atoms with E-state index in [1.54, 1.807) is 6.07 Å². The maximum atomic E-state index is 14.3. The SMILES string of the molecule is C#CC(C)(CCCc1ccc(F)c(Cc2ccccc2)c1)c1ccc(CCC)cc1. The van der Waals surface area contributed by atoms with Crippen molar-refractivity contribution in [1.29, 1.82) is 0 Å². The standard InChI is InChI=1S/C29H31F/c1-4-10-23-14-17-27(18-15-23)29(3,5-2)20-9-13-25-16-19-28(30)26(22-25)21-24-11-7-6-8-12-24/h2,6-8,11-12,14-19,22H,4,9-10,13,20-21H2,1,3H3. The second-order valence-electron chi connectivity index (χ2n) is 8.37. The summed E-state index contributed by atoms with van der Waals surface area (Å²) in [4.78, 5) is 0. The molecule has 0 saturated heterocycles. The molecule has 0 amide bonds. The fourth-order valence-electron chi connectivity index (χ4n) is 4.01. The largest absolute Gasteiger partial charge is 0.207 e. The van der Waals surface area contributed by atoms with Crippen molar-refractivity contribution in [2.45, 2.75) is 57.8 Å². The van der Waals surface area contributed by atoms with Crippen LogP contribution in [0.15, 0.2) is 72.8 Å². The highest BCUT2D eigenvalue weighted by atomic mass is 19.1. The number of rotatable bonds is 9. The van der Waals surface area contributed by atoms with Gasteiger partial charge in [-0.3, -0.25) is 0 Å². The molecule has 0 saturated carbocycles. The summed E-state index contributed by atoms with van der Waals surface area (Å²) < 4.78 is 14.3. The summed E-state index contributed by atoms with van der Waals surface area (Å²) in [6.07, 6.45) is 11.6. The predicted octanol–water partition coefficient (Wildman–Crippen LogP) is 7.28. The molecule has 0 radical (unpaired) electrons. The molecule has 30 heavy (non-hydrogen) atoms. The van der Waals surface area contributed by atoms with Crippen LogP contribution in [-0.4, -0.2) is 0 Å². The highest BCUT2D eigenvalue weighted by Crippen LogP contribution is 2.30. The second-order valence-corrected chi connectivity index (χ2v) is 8.37. The molecule has 0 aromatic heterocycles. The van der Waals surface area contributed by atoms with E-state index in [0.29, 0.717) is 6.42 Å². The minimum Gasteiger partial charge on any atom is -0.207 e. The Morgan fingerprint density at radius 1 is 0.867 bits per heavy atom. The lowest BCUT2D eigenvalue weighted by molar-refractivity contribution is 0.532. The molecular formula is C29H31F. The van der Waals surface area contributed by atoms with Gasteiger partial charge in [-0.05, 0) is 66.5 Å². The van der Waals surface area contributed by atoms with Crippen LogP contribution in [0, 0.1) is 18.2 Å². The van der Waals surface area contributed by atoms with Crippen LogP contribution in [0.3, 0.4) is 0 Å². The van der Waals surface area contributed by atoms with Gasteiger partial charge in [0, 0.05) is 6.42 Å². The third kappa shape index (κ3) is 5.61. The van der Waals surface area contributed by atoms with Gasteiger partial charge in [0.15, 0.2) is 0 Å². The van der Waals surface area contributed by atoms with Gasteiger partial charge in [0.05, 0.1) is 5.41 Å². The number of terminal acetylenes is 1. The Hall–Kier alpha value is -2.85. The van der Waals surface area contributed by atoms with Crippen molar-refractivity contribution in [3.8, 4) is 12.3 Å². The van der Waals surface area contributed by atoms with E-state index in [4.69, 9.17) is 6.42 Å². The Morgan fingerprint density at radius 3 is 2.23 bits per heavy atom. The zero-order chi connectivity index (χ0) is 21.4. The normalized spacial score (nSPS) is 12.9. The smallest absolute Gasteiger partial charge is 0.126 e. The molecule has 3 aromatic carbocycles. The van der Waals surface area contributed by atoms with Gasteiger partial charge in [0.1, 0.15) is 5.82 Å². The van der Waals surface area contributed by atoms with Gasteiger partial charge in [-0.15, -0.1) is 6.42 Å². The number of hydrogen-bond donors (Lipinski definition) is 0. The minimum atomic E-state index is -0.280. The van der Waals surface area contributed by atoms with E-state index in [1.807, 2.05) is 42.5 Å². The zero-order valence-corrected chi connectivity index (χ0v) is 18.1. The fourth-order valence-corrected chi connectivity index (χ4v) is 4.01. The van der Waals surface area contributed by atoms with E-state index in [2.05, 4.69) is 44.0 Å². The zero-order valence-electron chi connectivity index (χ0n) is 18.1. The van der Waals surface area contributed by atoms with Gasteiger partial charge in [-0.25, -0.2) is 4.39 Å². The molecule has 0 heterocycles. The van der Waals surface area contributed by atoms with Crippen LogP contribution in [0.25, 0.3) is 0 Å². The highest BCUT2D eigenvalue weighted by Gasteiger charge is 2.23. The third-order valence-electron chi connectivity index (χ3n) is 5.94. The highest BCUT2D eigenvalue weighted by molar-refractivity contribution is 5.36. The van der Waals surface area contributed by atoms with Gasteiger partial charge in [-0.2, -0.15) is 0 Å². The van der Waals surface area contributed by atoms with Crippen molar-refractivity contribution in [2.75, 3.05) is 0 Å². The lowest BCUT2D eigenvalue weighted by Crippen LogP contribution is -2.19. The van der Waals surface area contributed by atoms with Crippen molar-refractivity contribution in [2.24, 2.45) is 0 Å². The van der Waals surface area contributed by atoms with Crippen LogP contribution in [0.1, 0.15) is 60.9 Å². The first-order chi connectivity index (χ1) is 14.5. The summed E-state index contributed by atoms with van der Waals surface area (Å²) >= 11 is 0. The maximum Gasteiger partial charge on any atom is 0.126 e. The van der Waals surface area contributed by atoms with Gasteiger partial charge >= 0.3 is 0 Å². The summed E-state index contributed by atoms with van der Waals surface area (Å²) in [5.74, 6) is 2.89. The molecule has 154 valence electrons. The van der Waals surface area contributed by atoms with Gasteiger partial charge in [-0.1, -0.05) is 86.0 Å². The topological polar surface area (TPSA) is 0 Å². The van der Waals surface area contributed by atoms with E-state index in [1.165, 1.54) is 16.7 Å². The van der Waals surface area contributed by atoms with Crippen LogP contribution < -0.4 is 0 Å². The van der Waals surface area contributed by atoms with Crippen molar-refractivity contribution in [1.82, 2.24) is 0 Å². The predicted molar refractivity (Wildman–Crippen MR) is 125 cm³/mol. The second kappa shape index (κ2) is 10.3. The summed E-state index contributed by atoms with van der Waals surface area (Å²) in [6, 6.07) is 24.3. The van der Waals surface area contributed by atoms with E-state index < -0.39 is 0 Å². The quantitative estimate of drug-likeness (QED) is 0.332. The first-order valence-electron chi connectivity index (χ1n) is 10.9. The monoisotopic (exact) mass is 398 g/mol. The molecule has 3 aromatic rings. The first-order valence-corrected chi connectivity index (χ1v) is 10.9. The molecule has 0 aliphatic rings. The molecule has 0 spiro atoms. The first kappa shape index (κ1) is 21.8. The maximum absolute atomic E-state index is 14.3. The average Bonchev–Trinajstić information content (AvgIpc) is 2.77. The molecular weight excluding hydrogens is 367 g/mol. The van der Waals surface area contributed by atoms with Crippen molar-refractivity contribution < 1.29 is 4.39 Å². The number of aryl methyl sites for hydroxylation is 2. The molecule has 1 atom stereocenters. The summed E-state index contributed by atoms with van der Waals surface area (Å²) in [5.41, 5.74) is 5.33. The summed E-state index contributed by atoms with van der Waals surface area (Å²) in [5, 5.41) is 0. The molecule has 0 nitrogen and oxygen atoms in total. The number of benzene rings is 3. The van der Waals surface area contributed by atoms with E-state index >= 15 is 0 Å².